The maximum Gasteiger partial charge on any atom is 0.254 e. The number of aliphatic hydroxyl groups excluding tert-OH is 1. The zero-order valence-electron chi connectivity index (χ0n) is 14.3. The van der Waals surface area contributed by atoms with Gasteiger partial charge in [0.15, 0.2) is 0 Å². The number of rotatable bonds is 6. The van der Waals surface area contributed by atoms with Crippen molar-refractivity contribution in [3.8, 4) is 5.75 Å². The lowest BCUT2D eigenvalue weighted by Gasteiger charge is -2.14. The molecular formula is C19H21F2NO3. The Morgan fingerprint density at radius 1 is 1.16 bits per heavy atom. The van der Waals surface area contributed by atoms with Gasteiger partial charge in [0.25, 0.3) is 5.91 Å². The molecule has 2 aromatic carbocycles. The van der Waals surface area contributed by atoms with Gasteiger partial charge in [0.2, 0.25) is 0 Å². The first-order valence-electron chi connectivity index (χ1n) is 7.96. The Labute approximate surface area is 145 Å². The summed E-state index contributed by atoms with van der Waals surface area (Å²) in [5.74, 6) is -1.68. The Bertz CT molecular complexity index is 745. The number of carbonyl (C=O) groups excluding carboxylic acids is 1. The summed E-state index contributed by atoms with van der Waals surface area (Å²) in [7, 11) is 0. The first kappa shape index (κ1) is 18.9. The van der Waals surface area contributed by atoms with E-state index in [-0.39, 0.29) is 23.8 Å². The van der Waals surface area contributed by atoms with Gasteiger partial charge in [0.05, 0.1) is 17.8 Å². The minimum atomic E-state index is -0.957. The second kappa shape index (κ2) is 8.07. The summed E-state index contributed by atoms with van der Waals surface area (Å²) in [6, 6.07) is 8.65. The minimum Gasteiger partial charge on any atom is -0.491 e. The Morgan fingerprint density at radius 2 is 1.80 bits per heavy atom. The van der Waals surface area contributed by atoms with E-state index in [1.807, 2.05) is 13.8 Å². The minimum absolute atomic E-state index is 0.0455. The van der Waals surface area contributed by atoms with Crippen LogP contribution >= 0.6 is 0 Å². The molecule has 2 rings (SSSR count). The summed E-state index contributed by atoms with van der Waals surface area (Å²) >= 11 is 0. The van der Waals surface area contributed by atoms with E-state index in [1.165, 1.54) is 6.92 Å². The van der Waals surface area contributed by atoms with Gasteiger partial charge in [-0.1, -0.05) is 12.1 Å². The van der Waals surface area contributed by atoms with E-state index >= 15 is 0 Å². The van der Waals surface area contributed by atoms with Crippen LogP contribution in [0.15, 0.2) is 36.4 Å². The smallest absolute Gasteiger partial charge is 0.254 e. The molecule has 2 aromatic rings. The monoisotopic (exact) mass is 349 g/mol. The van der Waals surface area contributed by atoms with Gasteiger partial charge in [-0.05, 0) is 50.1 Å². The number of nitrogens with one attached hydrogen (secondary N) is 1. The molecule has 6 heteroatoms. The molecule has 0 bridgehead atoms. The molecule has 0 radical (unpaired) electrons. The number of halogens is 2. The fraction of sp³-hybridized carbons (Fsp3) is 0.316. The number of amides is 1. The third kappa shape index (κ3) is 5.00. The van der Waals surface area contributed by atoms with Crippen molar-refractivity contribution >= 4 is 5.91 Å². The van der Waals surface area contributed by atoms with Gasteiger partial charge in [0.1, 0.15) is 17.4 Å². The Balaban J connectivity index is 1.98. The summed E-state index contributed by atoms with van der Waals surface area (Å²) in [5, 5.41) is 12.6. The van der Waals surface area contributed by atoms with E-state index in [2.05, 4.69) is 5.32 Å². The van der Waals surface area contributed by atoms with E-state index in [0.29, 0.717) is 17.4 Å². The molecule has 0 aliphatic carbocycles. The average Bonchev–Trinajstić information content (AvgIpc) is 2.55. The van der Waals surface area contributed by atoms with Crippen molar-refractivity contribution in [2.24, 2.45) is 0 Å². The van der Waals surface area contributed by atoms with Crippen molar-refractivity contribution in [1.29, 1.82) is 0 Å². The van der Waals surface area contributed by atoms with E-state index < -0.39 is 23.6 Å². The molecular weight excluding hydrogens is 328 g/mol. The van der Waals surface area contributed by atoms with Crippen molar-refractivity contribution in [2.75, 3.05) is 6.54 Å². The average molecular weight is 349 g/mol. The predicted octanol–water partition coefficient (Wildman–Crippen LogP) is 3.52. The molecule has 0 aliphatic rings. The third-order valence-corrected chi connectivity index (χ3v) is 3.59. The quantitative estimate of drug-likeness (QED) is 0.839. The normalized spacial score (nSPS) is 12.1. The first-order chi connectivity index (χ1) is 11.8. The van der Waals surface area contributed by atoms with Gasteiger partial charge in [-0.15, -0.1) is 0 Å². The zero-order chi connectivity index (χ0) is 18.6. The maximum absolute atomic E-state index is 13.7. The Kier molecular flexibility index (Phi) is 6.09. The van der Waals surface area contributed by atoms with Gasteiger partial charge in [0, 0.05) is 12.6 Å². The topological polar surface area (TPSA) is 58.6 Å². The highest BCUT2D eigenvalue weighted by atomic mass is 19.1. The van der Waals surface area contributed by atoms with Crippen LogP contribution in [-0.4, -0.2) is 23.7 Å². The van der Waals surface area contributed by atoms with Crippen molar-refractivity contribution in [3.63, 3.8) is 0 Å². The summed E-state index contributed by atoms with van der Waals surface area (Å²) < 4.78 is 32.5. The molecule has 0 spiro atoms. The van der Waals surface area contributed by atoms with Crippen LogP contribution in [0.2, 0.25) is 0 Å². The van der Waals surface area contributed by atoms with Crippen LogP contribution in [0.1, 0.15) is 41.4 Å². The second-order valence-electron chi connectivity index (χ2n) is 6.04. The molecule has 0 fully saturated rings. The molecule has 0 heterocycles. The first-order valence-corrected chi connectivity index (χ1v) is 7.96. The molecule has 1 amide bonds. The lowest BCUT2D eigenvalue weighted by molar-refractivity contribution is 0.0912. The number of carbonyl (C=O) groups is 1. The highest BCUT2D eigenvalue weighted by Crippen LogP contribution is 2.19. The fourth-order valence-electron chi connectivity index (χ4n) is 2.27. The summed E-state index contributed by atoms with van der Waals surface area (Å²) in [6.07, 6.45) is -0.911. The molecule has 134 valence electrons. The van der Waals surface area contributed by atoms with Crippen molar-refractivity contribution in [3.05, 3.63) is 64.7 Å². The Hall–Kier alpha value is -2.47. The van der Waals surface area contributed by atoms with Gasteiger partial charge < -0.3 is 15.2 Å². The van der Waals surface area contributed by atoms with Gasteiger partial charge in [-0.3, -0.25) is 4.79 Å². The lowest BCUT2D eigenvalue weighted by Crippen LogP contribution is -2.29. The molecule has 25 heavy (non-hydrogen) atoms. The number of hydrogen-bond donors (Lipinski definition) is 2. The van der Waals surface area contributed by atoms with E-state index in [4.69, 9.17) is 4.74 Å². The van der Waals surface area contributed by atoms with Crippen LogP contribution in [0, 0.1) is 18.6 Å². The third-order valence-electron chi connectivity index (χ3n) is 3.59. The van der Waals surface area contributed by atoms with Crippen LogP contribution in [-0.2, 0) is 0 Å². The summed E-state index contributed by atoms with van der Waals surface area (Å²) in [5.41, 5.74) is 0.506. The molecule has 4 nitrogen and oxygen atoms in total. The maximum atomic E-state index is 13.7. The molecule has 0 saturated heterocycles. The number of hydrogen-bond acceptors (Lipinski definition) is 3. The Morgan fingerprint density at radius 3 is 2.40 bits per heavy atom. The van der Waals surface area contributed by atoms with Crippen LogP contribution in [0.5, 0.6) is 5.75 Å². The second-order valence-corrected chi connectivity index (χ2v) is 6.04. The molecule has 0 aromatic heterocycles. The SMILES string of the molecule is Cc1cc(C(=O)NCC(O)c2ccc(OC(C)C)cc2)c(F)cc1F. The van der Waals surface area contributed by atoms with Crippen molar-refractivity contribution in [2.45, 2.75) is 33.0 Å². The van der Waals surface area contributed by atoms with E-state index in [0.717, 1.165) is 6.07 Å². The number of aliphatic hydroxyl groups is 1. The number of aryl methyl sites for hydroxylation is 1. The van der Waals surface area contributed by atoms with E-state index in [9.17, 15) is 18.7 Å². The van der Waals surface area contributed by atoms with Crippen molar-refractivity contribution in [1.82, 2.24) is 5.32 Å². The van der Waals surface area contributed by atoms with Gasteiger partial charge >= 0.3 is 0 Å². The highest BCUT2D eigenvalue weighted by Gasteiger charge is 2.16. The van der Waals surface area contributed by atoms with Crippen LogP contribution in [0.25, 0.3) is 0 Å². The molecule has 0 saturated carbocycles. The van der Waals surface area contributed by atoms with Crippen LogP contribution < -0.4 is 10.1 Å². The zero-order valence-corrected chi connectivity index (χ0v) is 14.3. The van der Waals surface area contributed by atoms with Gasteiger partial charge in [-0.25, -0.2) is 8.78 Å². The van der Waals surface area contributed by atoms with Gasteiger partial charge in [-0.2, -0.15) is 0 Å². The number of ether oxygens (including phenoxy) is 1. The lowest BCUT2D eigenvalue weighted by atomic mass is 10.1. The molecule has 0 aliphatic heterocycles. The van der Waals surface area contributed by atoms with Crippen molar-refractivity contribution < 1.29 is 23.4 Å². The van der Waals surface area contributed by atoms with E-state index in [1.54, 1.807) is 24.3 Å². The summed E-state index contributed by atoms with van der Waals surface area (Å²) in [6.45, 7) is 5.17. The molecule has 1 atom stereocenters. The number of benzene rings is 2. The molecule has 1 unspecified atom stereocenters. The predicted molar refractivity (Wildman–Crippen MR) is 90.6 cm³/mol. The summed E-state index contributed by atoms with van der Waals surface area (Å²) in [4.78, 5) is 12.0. The largest absolute Gasteiger partial charge is 0.491 e. The van der Waals surface area contributed by atoms with Crippen LogP contribution in [0.4, 0.5) is 8.78 Å². The highest BCUT2D eigenvalue weighted by molar-refractivity contribution is 5.94. The van der Waals surface area contributed by atoms with Crippen LogP contribution in [0.3, 0.4) is 0 Å². The standard InChI is InChI=1S/C19H21F2NO3/c1-11(2)25-14-6-4-13(5-7-14)18(23)10-22-19(24)15-8-12(3)16(20)9-17(15)21/h4-9,11,18,23H,10H2,1-3H3,(H,22,24). The fourth-order valence-corrected chi connectivity index (χ4v) is 2.27. The molecule has 2 N–H and O–H groups in total.